The standard InChI is InChI=1S/C16H14F3NO2/c1-20(15(22)13-4-2-3-5-14(13)21)10-11-6-8-12(9-7-11)16(17,18)19/h2-9,21H,10H2,1H3. The highest BCUT2D eigenvalue weighted by molar-refractivity contribution is 5.96. The van der Waals surface area contributed by atoms with E-state index in [1.54, 1.807) is 12.1 Å². The lowest BCUT2D eigenvalue weighted by atomic mass is 10.1. The third-order valence-electron chi connectivity index (χ3n) is 3.18. The lowest BCUT2D eigenvalue weighted by Crippen LogP contribution is -2.26. The number of hydrogen-bond acceptors (Lipinski definition) is 2. The molecule has 1 amide bonds. The number of para-hydroxylation sites is 1. The number of phenolic OH excluding ortho intramolecular Hbond substituents is 1. The van der Waals surface area contributed by atoms with Crippen molar-refractivity contribution < 1.29 is 23.1 Å². The van der Waals surface area contributed by atoms with E-state index in [2.05, 4.69) is 0 Å². The molecular formula is C16H14F3NO2. The molecule has 0 spiro atoms. The minimum absolute atomic E-state index is 0.133. The molecule has 6 heteroatoms. The van der Waals surface area contributed by atoms with Crippen LogP contribution in [-0.4, -0.2) is 23.0 Å². The Balaban J connectivity index is 2.10. The molecule has 0 aromatic heterocycles. The number of carbonyl (C=O) groups is 1. The molecule has 22 heavy (non-hydrogen) atoms. The summed E-state index contributed by atoms with van der Waals surface area (Å²) in [5.41, 5.74) is -0.0119. The van der Waals surface area contributed by atoms with E-state index in [0.717, 1.165) is 12.1 Å². The second-order valence-corrected chi connectivity index (χ2v) is 4.87. The van der Waals surface area contributed by atoms with Crippen LogP contribution in [0.1, 0.15) is 21.5 Å². The summed E-state index contributed by atoms with van der Waals surface area (Å²) in [7, 11) is 1.52. The van der Waals surface area contributed by atoms with Gasteiger partial charge in [0.05, 0.1) is 11.1 Å². The summed E-state index contributed by atoms with van der Waals surface area (Å²) in [6.45, 7) is 0.144. The number of amides is 1. The summed E-state index contributed by atoms with van der Waals surface area (Å²) < 4.78 is 37.5. The maximum Gasteiger partial charge on any atom is 0.416 e. The fourth-order valence-electron chi connectivity index (χ4n) is 2.00. The van der Waals surface area contributed by atoms with Gasteiger partial charge >= 0.3 is 6.18 Å². The van der Waals surface area contributed by atoms with Crippen molar-refractivity contribution in [3.8, 4) is 5.75 Å². The summed E-state index contributed by atoms with van der Waals surface area (Å²) in [6, 6.07) is 10.7. The SMILES string of the molecule is CN(Cc1ccc(C(F)(F)F)cc1)C(=O)c1ccccc1O. The topological polar surface area (TPSA) is 40.5 Å². The van der Waals surface area contributed by atoms with Gasteiger partial charge in [-0.05, 0) is 29.8 Å². The number of nitrogens with zero attached hydrogens (tertiary/aromatic N) is 1. The first-order valence-electron chi connectivity index (χ1n) is 6.48. The first kappa shape index (κ1) is 15.9. The highest BCUT2D eigenvalue weighted by atomic mass is 19.4. The maximum absolute atomic E-state index is 12.5. The number of aromatic hydroxyl groups is 1. The lowest BCUT2D eigenvalue weighted by molar-refractivity contribution is -0.137. The molecule has 116 valence electrons. The monoisotopic (exact) mass is 309 g/mol. The van der Waals surface area contributed by atoms with Crippen molar-refractivity contribution in [2.75, 3.05) is 7.05 Å². The van der Waals surface area contributed by atoms with Gasteiger partial charge < -0.3 is 10.0 Å². The predicted molar refractivity (Wildman–Crippen MR) is 75.3 cm³/mol. The van der Waals surface area contributed by atoms with E-state index in [0.29, 0.717) is 5.56 Å². The van der Waals surface area contributed by atoms with Gasteiger partial charge in [0.1, 0.15) is 5.75 Å². The molecule has 0 saturated carbocycles. The number of alkyl halides is 3. The van der Waals surface area contributed by atoms with Crippen molar-refractivity contribution in [2.24, 2.45) is 0 Å². The van der Waals surface area contributed by atoms with Crippen LogP contribution >= 0.6 is 0 Å². The van der Waals surface area contributed by atoms with Crippen LogP contribution in [0.5, 0.6) is 5.75 Å². The van der Waals surface area contributed by atoms with Crippen LogP contribution in [0, 0.1) is 0 Å². The van der Waals surface area contributed by atoms with E-state index in [4.69, 9.17) is 0 Å². The average molecular weight is 309 g/mol. The third kappa shape index (κ3) is 3.58. The summed E-state index contributed by atoms with van der Waals surface area (Å²) >= 11 is 0. The van der Waals surface area contributed by atoms with Gasteiger partial charge in [-0.25, -0.2) is 0 Å². The van der Waals surface area contributed by atoms with Crippen LogP contribution < -0.4 is 0 Å². The molecule has 0 atom stereocenters. The molecule has 0 unspecified atom stereocenters. The molecule has 0 fully saturated rings. The summed E-state index contributed by atoms with van der Waals surface area (Å²) in [5.74, 6) is -0.537. The molecule has 3 nitrogen and oxygen atoms in total. The quantitative estimate of drug-likeness (QED) is 0.939. The molecule has 2 rings (SSSR count). The number of hydrogen-bond donors (Lipinski definition) is 1. The molecule has 1 N–H and O–H groups in total. The van der Waals surface area contributed by atoms with Crippen molar-refractivity contribution in [2.45, 2.75) is 12.7 Å². The van der Waals surface area contributed by atoms with Crippen molar-refractivity contribution in [1.82, 2.24) is 4.90 Å². The summed E-state index contributed by atoms with van der Waals surface area (Å²) in [5, 5.41) is 9.65. The van der Waals surface area contributed by atoms with E-state index in [1.165, 1.54) is 36.2 Å². The fraction of sp³-hybridized carbons (Fsp3) is 0.188. The van der Waals surface area contributed by atoms with Gasteiger partial charge in [-0.1, -0.05) is 24.3 Å². The molecule has 0 saturated heterocycles. The minimum Gasteiger partial charge on any atom is -0.507 e. The molecule has 0 radical (unpaired) electrons. The first-order valence-corrected chi connectivity index (χ1v) is 6.48. The van der Waals surface area contributed by atoms with Gasteiger partial charge in [0.2, 0.25) is 0 Å². The van der Waals surface area contributed by atoms with Crippen molar-refractivity contribution in [3.05, 3.63) is 65.2 Å². The van der Waals surface area contributed by atoms with Crippen LogP contribution in [0.2, 0.25) is 0 Å². The summed E-state index contributed by atoms with van der Waals surface area (Å²) in [6.07, 6.45) is -4.38. The smallest absolute Gasteiger partial charge is 0.416 e. The Kier molecular flexibility index (Phi) is 4.40. The van der Waals surface area contributed by atoms with E-state index in [1.807, 2.05) is 0 Å². The zero-order valence-corrected chi connectivity index (χ0v) is 11.8. The van der Waals surface area contributed by atoms with Crippen molar-refractivity contribution >= 4 is 5.91 Å². The van der Waals surface area contributed by atoms with E-state index in [9.17, 15) is 23.1 Å². The first-order chi connectivity index (χ1) is 10.3. The van der Waals surface area contributed by atoms with Gasteiger partial charge in [-0.15, -0.1) is 0 Å². The Bertz CT molecular complexity index is 666. The second-order valence-electron chi connectivity index (χ2n) is 4.87. The molecule has 0 aliphatic carbocycles. The Morgan fingerprint density at radius 2 is 1.68 bits per heavy atom. The number of benzene rings is 2. The van der Waals surface area contributed by atoms with Crippen LogP contribution in [0.4, 0.5) is 13.2 Å². The normalized spacial score (nSPS) is 11.3. The zero-order chi connectivity index (χ0) is 16.3. The van der Waals surface area contributed by atoms with Crippen LogP contribution in [0.15, 0.2) is 48.5 Å². The predicted octanol–water partition coefficient (Wildman–Crippen LogP) is 3.68. The highest BCUT2D eigenvalue weighted by Crippen LogP contribution is 2.29. The minimum atomic E-state index is -4.38. The number of carbonyl (C=O) groups excluding carboxylic acids is 1. The second kappa shape index (κ2) is 6.09. The Hall–Kier alpha value is -2.50. The van der Waals surface area contributed by atoms with E-state index >= 15 is 0 Å². The summed E-state index contributed by atoms with van der Waals surface area (Å²) in [4.78, 5) is 13.5. The fourth-order valence-corrected chi connectivity index (χ4v) is 2.00. The van der Waals surface area contributed by atoms with E-state index in [-0.39, 0.29) is 17.9 Å². The van der Waals surface area contributed by atoms with Crippen LogP contribution in [0.25, 0.3) is 0 Å². The molecule has 0 aliphatic rings. The van der Waals surface area contributed by atoms with Gasteiger partial charge in [-0.3, -0.25) is 4.79 Å². The zero-order valence-electron chi connectivity index (χ0n) is 11.8. The lowest BCUT2D eigenvalue weighted by Gasteiger charge is -2.18. The highest BCUT2D eigenvalue weighted by Gasteiger charge is 2.30. The molecule has 0 aliphatic heterocycles. The van der Waals surface area contributed by atoms with Crippen molar-refractivity contribution in [1.29, 1.82) is 0 Å². The Morgan fingerprint density at radius 1 is 1.09 bits per heavy atom. The largest absolute Gasteiger partial charge is 0.507 e. The van der Waals surface area contributed by atoms with Gasteiger partial charge in [-0.2, -0.15) is 13.2 Å². The molecular weight excluding hydrogens is 295 g/mol. The third-order valence-corrected chi connectivity index (χ3v) is 3.18. The average Bonchev–Trinajstić information content (AvgIpc) is 2.46. The maximum atomic E-state index is 12.5. The van der Waals surface area contributed by atoms with Crippen molar-refractivity contribution in [3.63, 3.8) is 0 Å². The van der Waals surface area contributed by atoms with Gasteiger partial charge in [0, 0.05) is 13.6 Å². The number of halogens is 3. The molecule has 0 heterocycles. The van der Waals surface area contributed by atoms with Gasteiger partial charge in [0.15, 0.2) is 0 Å². The molecule has 0 bridgehead atoms. The Labute approximate surface area is 125 Å². The van der Waals surface area contributed by atoms with Crippen LogP contribution in [0.3, 0.4) is 0 Å². The molecule has 2 aromatic rings. The number of phenols is 1. The van der Waals surface area contributed by atoms with Crippen LogP contribution in [-0.2, 0) is 12.7 Å². The molecule has 2 aromatic carbocycles. The Morgan fingerprint density at radius 3 is 2.23 bits per heavy atom. The van der Waals surface area contributed by atoms with E-state index < -0.39 is 17.6 Å². The number of rotatable bonds is 3. The van der Waals surface area contributed by atoms with Gasteiger partial charge in [0.25, 0.3) is 5.91 Å².